The molecule has 36 heavy (non-hydrogen) atoms. The first kappa shape index (κ1) is 29.5. The van der Waals surface area contributed by atoms with Crippen molar-refractivity contribution in [3.05, 3.63) is 59.7 Å². The number of hydrogen-bond donors (Lipinski definition) is 2. The highest BCUT2D eigenvalue weighted by Gasteiger charge is 2.10. The van der Waals surface area contributed by atoms with Crippen LogP contribution in [-0.2, 0) is 9.47 Å². The van der Waals surface area contributed by atoms with Gasteiger partial charge in [-0.15, -0.1) is 0 Å². The Morgan fingerprint density at radius 3 is 1.11 bits per heavy atom. The van der Waals surface area contributed by atoms with Crippen molar-refractivity contribution in [3.8, 4) is 11.1 Å². The van der Waals surface area contributed by atoms with Crippen LogP contribution >= 0.6 is 0 Å². The molecule has 0 aromatic heterocycles. The summed E-state index contributed by atoms with van der Waals surface area (Å²) in [5.41, 5.74) is 14.0. The van der Waals surface area contributed by atoms with E-state index in [1.807, 2.05) is 24.3 Å². The van der Waals surface area contributed by atoms with E-state index in [9.17, 15) is 9.59 Å². The first-order valence-electron chi connectivity index (χ1n) is 13.6. The van der Waals surface area contributed by atoms with Gasteiger partial charge in [0.1, 0.15) is 0 Å². The van der Waals surface area contributed by atoms with E-state index in [2.05, 4.69) is 0 Å². The van der Waals surface area contributed by atoms with Crippen LogP contribution in [0, 0.1) is 0 Å². The third-order valence-corrected chi connectivity index (χ3v) is 6.24. The van der Waals surface area contributed by atoms with E-state index in [-0.39, 0.29) is 11.9 Å². The van der Waals surface area contributed by atoms with E-state index >= 15 is 0 Å². The number of unbranched alkanes of at least 4 members (excludes halogenated alkanes) is 10. The van der Waals surface area contributed by atoms with Crippen molar-refractivity contribution >= 4 is 11.9 Å². The second-order valence-corrected chi connectivity index (χ2v) is 9.25. The maximum atomic E-state index is 12.3. The number of rotatable bonds is 19. The molecule has 6 nitrogen and oxygen atoms in total. The van der Waals surface area contributed by atoms with Crippen LogP contribution in [0.3, 0.4) is 0 Å². The first-order valence-corrected chi connectivity index (χ1v) is 13.6. The summed E-state index contributed by atoms with van der Waals surface area (Å²) in [6.45, 7) is 2.41. The first-order chi connectivity index (χ1) is 17.7. The minimum Gasteiger partial charge on any atom is -0.462 e. The minimum atomic E-state index is -0.293. The predicted molar refractivity (Wildman–Crippen MR) is 146 cm³/mol. The highest BCUT2D eigenvalue weighted by molar-refractivity contribution is 5.91. The molecule has 0 radical (unpaired) electrons. The van der Waals surface area contributed by atoms with Gasteiger partial charge in [-0.2, -0.15) is 0 Å². The SMILES string of the molecule is NCCCCCCCCOC(=O)c1ccc(-c2ccc(C(=O)OCCCCCCCCN)cc2)cc1. The molecule has 6 heteroatoms. The van der Waals surface area contributed by atoms with Crippen LogP contribution < -0.4 is 11.5 Å². The molecule has 198 valence electrons. The molecule has 0 aliphatic rings. The summed E-state index contributed by atoms with van der Waals surface area (Å²) in [6.07, 6.45) is 13.1. The summed E-state index contributed by atoms with van der Waals surface area (Å²) >= 11 is 0. The van der Waals surface area contributed by atoms with Crippen LogP contribution in [0.5, 0.6) is 0 Å². The van der Waals surface area contributed by atoms with Gasteiger partial charge in [-0.05, 0) is 74.2 Å². The molecule has 4 N–H and O–H groups in total. The van der Waals surface area contributed by atoms with Crippen molar-refractivity contribution in [2.24, 2.45) is 11.5 Å². The molecule has 0 amide bonds. The quantitative estimate of drug-likeness (QED) is 0.175. The van der Waals surface area contributed by atoms with E-state index in [1.54, 1.807) is 24.3 Å². The van der Waals surface area contributed by atoms with Gasteiger partial charge in [0.25, 0.3) is 0 Å². The number of carbonyl (C=O) groups is 2. The summed E-state index contributed by atoms with van der Waals surface area (Å²) in [5, 5.41) is 0. The maximum Gasteiger partial charge on any atom is 0.338 e. The lowest BCUT2D eigenvalue weighted by molar-refractivity contribution is 0.0488. The lowest BCUT2D eigenvalue weighted by atomic mass is 10.0. The van der Waals surface area contributed by atoms with Crippen molar-refractivity contribution in [2.75, 3.05) is 26.3 Å². The van der Waals surface area contributed by atoms with E-state index in [4.69, 9.17) is 20.9 Å². The Hall–Kier alpha value is -2.70. The Bertz CT molecular complexity index is 792. The molecule has 2 rings (SSSR count). The normalized spacial score (nSPS) is 10.8. The van der Waals surface area contributed by atoms with Gasteiger partial charge in [0, 0.05) is 0 Å². The van der Waals surface area contributed by atoms with Gasteiger partial charge < -0.3 is 20.9 Å². The Morgan fingerprint density at radius 2 is 0.778 bits per heavy atom. The minimum absolute atomic E-state index is 0.293. The Kier molecular flexibility index (Phi) is 15.2. The lowest BCUT2D eigenvalue weighted by Gasteiger charge is -2.08. The summed E-state index contributed by atoms with van der Waals surface area (Å²) < 4.78 is 10.8. The Morgan fingerprint density at radius 1 is 0.472 bits per heavy atom. The summed E-state index contributed by atoms with van der Waals surface area (Å²) in [6, 6.07) is 14.7. The maximum absolute atomic E-state index is 12.3. The molecule has 2 aromatic carbocycles. The fourth-order valence-corrected chi connectivity index (χ4v) is 4.00. The highest BCUT2D eigenvalue weighted by Crippen LogP contribution is 2.21. The lowest BCUT2D eigenvalue weighted by Crippen LogP contribution is -2.06. The third kappa shape index (κ3) is 11.8. The molecule has 0 fully saturated rings. The molecule has 0 unspecified atom stereocenters. The number of nitrogens with two attached hydrogens (primary N) is 2. The molecular weight excluding hydrogens is 452 g/mol. The van der Waals surface area contributed by atoms with Crippen LogP contribution in [0.25, 0.3) is 11.1 Å². The van der Waals surface area contributed by atoms with Crippen molar-refractivity contribution < 1.29 is 19.1 Å². The predicted octanol–water partition coefficient (Wildman–Crippen LogP) is 6.27. The smallest absolute Gasteiger partial charge is 0.338 e. The van der Waals surface area contributed by atoms with Gasteiger partial charge in [-0.25, -0.2) is 9.59 Å². The zero-order chi connectivity index (χ0) is 25.8. The molecule has 0 heterocycles. The van der Waals surface area contributed by atoms with Gasteiger partial charge in [0.15, 0.2) is 0 Å². The average Bonchev–Trinajstić information content (AvgIpc) is 2.91. The van der Waals surface area contributed by atoms with Crippen LogP contribution in [0.4, 0.5) is 0 Å². The number of ether oxygens (including phenoxy) is 2. The molecule has 0 atom stereocenters. The molecular formula is C30H44N2O4. The van der Waals surface area contributed by atoms with Crippen molar-refractivity contribution in [1.82, 2.24) is 0 Å². The van der Waals surface area contributed by atoms with Crippen molar-refractivity contribution in [1.29, 1.82) is 0 Å². The summed E-state index contributed by atoms with van der Waals surface area (Å²) in [5.74, 6) is -0.586. The van der Waals surface area contributed by atoms with Crippen LogP contribution in [0.15, 0.2) is 48.5 Å². The monoisotopic (exact) mass is 496 g/mol. The zero-order valence-corrected chi connectivity index (χ0v) is 21.7. The summed E-state index contributed by atoms with van der Waals surface area (Å²) in [7, 11) is 0. The van der Waals surface area contributed by atoms with E-state index < -0.39 is 0 Å². The Balaban J connectivity index is 1.69. The third-order valence-electron chi connectivity index (χ3n) is 6.24. The molecule has 2 aromatic rings. The largest absolute Gasteiger partial charge is 0.462 e. The second-order valence-electron chi connectivity index (χ2n) is 9.25. The van der Waals surface area contributed by atoms with Gasteiger partial charge >= 0.3 is 11.9 Å². The number of hydrogen-bond acceptors (Lipinski definition) is 6. The molecule has 0 spiro atoms. The van der Waals surface area contributed by atoms with Crippen molar-refractivity contribution in [2.45, 2.75) is 77.0 Å². The highest BCUT2D eigenvalue weighted by atomic mass is 16.5. The standard InChI is InChI=1S/C30H44N2O4/c31-21-9-5-1-3-7-11-23-35-29(33)27-17-13-25(14-18-27)26-15-19-28(20-16-26)30(34)36-24-12-8-4-2-6-10-22-32/h13-20H,1-12,21-24,31-32H2. The van der Waals surface area contributed by atoms with Crippen LogP contribution in [-0.4, -0.2) is 38.2 Å². The van der Waals surface area contributed by atoms with Gasteiger partial charge in [-0.1, -0.05) is 75.6 Å². The van der Waals surface area contributed by atoms with Gasteiger partial charge in [0.2, 0.25) is 0 Å². The molecule has 0 saturated carbocycles. The number of esters is 2. The van der Waals surface area contributed by atoms with E-state index in [0.717, 1.165) is 75.6 Å². The van der Waals surface area contributed by atoms with Crippen molar-refractivity contribution in [3.63, 3.8) is 0 Å². The van der Waals surface area contributed by atoms with E-state index in [1.165, 1.54) is 25.7 Å². The van der Waals surface area contributed by atoms with E-state index in [0.29, 0.717) is 24.3 Å². The number of benzene rings is 2. The number of carbonyl (C=O) groups excluding carboxylic acids is 2. The molecule has 0 bridgehead atoms. The fraction of sp³-hybridized carbons (Fsp3) is 0.533. The fourth-order valence-electron chi connectivity index (χ4n) is 4.00. The van der Waals surface area contributed by atoms with Gasteiger partial charge in [-0.3, -0.25) is 0 Å². The van der Waals surface area contributed by atoms with Gasteiger partial charge in [0.05, 0.1) is 24.3 Å². The Labute approximate surface area is 216 Å². The second kappa shape index (κ2) is 18.6. The summed E-state index contributed by atoms with van der Waals surface area (Å²) in [4.78, 5) is 24.6. The van der Waals surface area contributed by atoms with Crippen LogP contribution in [0.1, 0.15) is 97.8 Å². The zero-order valence-electron chi connectivity index (χ0n) is 21.7. The topological polar surface area (TPSA) is 105 Å². The van der Waals surface area contributed by atoms with Crippen LogP contribution in [0.2, 0.25) is 0 Å². The molecule has 0 aliphatic carbocycles. The molecule has 0 saturated heterocycles. The average molecular weight is 497 g/mol. The molecule has 0 aliphatic heterocycles.